The van der Waals surface area contributed by atoms with Crippen LogP contribution in [0.3, 0.4) is 0 Å². The van der Waals surface area contributed by atoms with Gasteiger partial charge in [0.05, 0.1) is 11.0 Å². The van der Waals surface area contributed by atoms with Gasteiger partial charge in [-0.1, -0.05) is 34.8 Å². The number of nitrogens with one attached hydrogen (secondary N) is 1. The third-order valence-electron chi connectivity index (χ3n) is 5.09. The summed E-state index contributed by atoms with van der Waals surface area (Å²) >= 11 is 18.2. The standard InChI is InChI=1S/C20H19Cl3N4O/c21-13-3-4-16-17(9-13)26-19(25-16)11-2-1-5-27(10-11)20(28)18(24)12-6-14(22)8-15(23)7-12/h3-4,6-9,11,18H,1-2,5,10,24H2,(H,25,26)/t11-,18?/m0/s1. The molecule has 3 aromatic rings. The van der Waals surface area contributed by atoms with Crippen LogP contribution in [0.5, 0.6) is 0 Å². The third-order valence-corrected chi connectivity index (χ3v) is 5.76. The third kappa shape index (κ3) is 3.98. The lowest BCUT2D eigenvalue weighted by Gasteiger charge is -2.33. The molecule has 0 radical (unpaired) electrons. The number of fused-ring (bicyclic) bond motifs is 1. The van der Waals surface area contributed by atoms with E-state index < -0.39 is 6.04 Å². The molecule has 1 aliphatic rings. The fourth-order valence-electron chi connectivity index (χ4n) is 3.69. The van der Waals surface area contributed by atoms with Crippen LogP contribution in [0, 0.1) is 0 Å². The number of nitrogens with two attached hydrogens (primary N) is 1. The van der Waals surface area contributed by atoms with Gasteiger partial charge in [0, 0.05) is 34.1 Å². The van der Waals surface area contributed by atoms with Gasteiger partial charge in [-0.3, -0.25) is 4.79 Å². The number of hydrogen-bond donors (Lipinski definition) is 2. The van der Waals surface area contributed by atoms with Gasteiger partial charge in [-0.15, -0.1) is 0 Å². The second-order valence-corrected chi connectivity index (χ2v) is 8.40. The Morgan fingerprint density at radius 1 is 1.14 bits per heavy atom. The Balaban J connectivity index is 1.53. The van der Waals surface area contributed by atoms with Gasteiger partial charge in [-0.05, 0) is 54.8 Å². The molecule has 5 nitrogen and oxygen atoms in total. The molecule has 1 saturated heterocycles. The molecule has 1 aromatic heterocycles. The smallest absolute Gasteiger partial charge is 0.244 e. The topological polar surface area (TPSA) is 75.0 Å². The number of piperidine rings is 1. The summed E-state index contributed by atoms with van der Waals surface area (Å²) in [6.45, 7) is 1.23. The number of amides is 1. The fourth-order valence-corrected chi connectivity index (χ4v) is 4.40. The van der Waals surface area contributed by atoms with Crippen molar-refractivity contribution in [2.75, 3.05) is 13.1 Å². The summed E-state index contributed by atoms with van der Waals surface area (Å²) in [5.41, 5.74) is 8.60. The number of likely N-dealkylation sites (tertiary alicyclic amines) is 1. The summed E-state index contributed by atoms with van der Waals surface area (Å²) in [5, 5.41) is 1.58. The van der Waals surface area contributed by atoms with Crippen LogP contribution in [0.1, 0.15) is 36.2 Å². The van der Waals surface area contributed by atoms with Crippen LogP contribution < -0.4 is 5.73 Å². The zero-order chi connectivity index (χ0) is 19.8. The fraction of sp³-hybridized carbons (Fsp3) is 0.300. The van der Waals surface area contributed by atoms with Crippen LogP contribution >= 0.6 is 34.8 Å². The first-order valence-electron chi connectivity index (χ1n) is 9.06. The molecule has 4 rings (SSSR count). The van der Waals surface area contributed by atoms with Crippen molar-refractivity contribution in [2.24, 2.45) is 5.73 Å². The van der Waals surface area contributed by atoms with Gasteiger partial charge < -0.3 is 15.6 Å². The lowest BCUT2D eigenvalue weighted by Crippen LogP contribution is -2.44. The van der Waals surface area contributed by atoms with Gasteiger partial charge in [-0.25, -0.2) is 4.98 Å². The molecule has 1 aliphatic heterocycles. The van der Waals surface area contributed by atoms with Crippen LogP contribution in [0.25, 0.3) is 11.0 Å². The molecule has 2 heterocycles. The van der Waals surface area contributed by atoms with E-state index in [1.54, 1.807) is 23.1 Å². The van der Waals surface area contributed by atoms with Gasteiger partial charge in [-0.2, -0.15) is 0 Å². The average molecular weight is 438 g/mol. The molecule has 1 unspecified atom stereocenters. The number of benzene rings is 2. The Hall–Kier alpha value is -1.79. The molecule has 3 N–H and O–H groups in total. The first-order chi connectivity index (χ1) is 13.4. The van der Waals surface area contributed by atoms with Gasteiger partial charge in [0.1, 0.15) is 11.9 Å². The van der Waals surface area contributed by atoms with Gasteiger partial charge in [0.25, 0.3) is 0 Å². The minimum atomic E-state index is -0.801. The molecule has 2 atom stereocenters. The number of aromatic amines is 1. The molecule has 1 fully saturated rings. The Morgan fingerprint density at radius 3 is 2.64 bits per heavy atom. The first kappa shape index (κ1) is 19.5. The normalized spacial score (nSPS) is 18.4. The Morgan fingerprint density at radius 2 is 1.89 bits per heavy atom. The van der Waals surface area contributed by atoms with Crippen molar-refractivity contribution < 1.29 is 4.79 Å². The Bertz CT molecular complexity index is 1020. The van der Waals surface area contributed by atoms with Crippen molar-refractivity contribution in [3.05, 3.63) is 62.9 Å². The quantitative estimate of drug-likeness (QED) is 0.610. The maximum atomic E-state index is 13.0. The maximum Gasteiger partial charge on any atom is 0.244 e. The maximum absolute atomic E-state index is 13.0. The number of aromatic nitrogens is 2. The van der Waals surface area contributed by atoms with Crippen molar-refractivity contribution in [2.45, 2.75) is 24.8 Å². The van der Waals surface area contributed by atoms with Crippen LogP contribution in [-0.4, -0.2) is 33.9 Å². The first-order valence-corrected chi connectivity index (χ1v) is 10.2. The average Bonchev–Trinajstić information content (AvgIpc) is 3.09. The second-order valence-electron chi connectivity index (χ2n) is 7.09. The van der Waals surface area contributed by atoms with E-state index in [9.17, 15) is 4.79 Å². The van der Waals surface area contributed by atoms with Crippen molar-refractivity contribution >= 4 is 51.7 Å². The molecule has 2 aromatic carbocycles. The van der Waals surface area contributed by atoms with Crippen molar-refractivity contribution in [1.29, 1.82) is 0 Å². The van der Waals surface area contributed by atoms with E-state index in [0.29, 0.717) is 33.7 Å². The molecular weight excluding hydrogens is 419 g/mol. The Labute approximate surface area is 177 Å². The molecule has 0 bridgehead atoms. The van der Waals surface area contributed by atoms with E-state index in [1.807, 2.05) is 18.2 Å². The molecular formula is C20H19Cl3N4O. The molecule has 146 valence electrons. The lowest BCUT2D eigenvalue weighted by atomic mass is 9.96. The van der Waals surface area contributed by atoms with E-state index in [2.05, 4.69) is 9.97 Å². The van der Waals surface area contributed by atoms with Crippen molar-refractivity contribution in [3.63, 3.8) is 0 Å². The number of H-pyrrole nitrogens is 1. The molecule has 8 heteroatoms. The summed E-state index contributed by atoms with van der Waals surface area (Å²) < 4.78 is 0. The highest BCUT2D eigenvalue weighted by atomic mass is 35.5. The van der Waals surface area contributed by atoms with Crippen molar-refractivity contribution in [1.82, 2.24) is 14.9 Å². The monoisotopic (exact) mass is 436 g/mol. The highest BCUT2D eigenvalue weighted by molar-refractivity contribution is 6.34. The minimum absolute atomic E-state index is 0.124. The number of nitrogens with zero attached hydrogens (tertiary/aromatic N) is 2. The summed E-state index contributed by atoms with van der Waals surface area (Å²) in [4.78, 5) is 22.8. The molecule has 0 spiro atoms. The predicted octanol–water partition coefficient (Wildman–Crippen LogP) is 4.93. The molecule has 0 aliphatic carbocycles. The van der Waals surface area contributed by atoms with Gasteiger partial charge in [0.15, 0.2) is 0 Å². The second kappa shape index (κ2) is 7.91. The zero-order valence-corrected chi connectivity index (χ0v) is 17.2. The van der Waals surface area contributed by atoms with E-state index in [1.165, 1.54) is 0 Å². The number of rotatable bonds is 3. The van der Waals surface area contributed by atoms with Crippen molar-refractivity contribution in [3.8, 4) is 0 Å². The van der Waals surface area contributed by atoms with Gasteiger partial charge in [0.2, 0.25) is 5.91 Å². The molecule has 0 saturated carbocycles. The minimum Gasteiger partial charge on any atom is -0.342 e. The Kier molecular flexibility index (Phi) is 5.52. The van der Waals surface area contributed by atoms with E-state index in [-0.39, 0.29) is 11.8 Å². The van der Waals surface area contributed by atoms with E-state index in [4.69, 9.17) is 40.5 Å². The predicted molar refractivity (Wildman–Crippen MR) is 113 cm³/mol. The summed E-state index contributed by atoms with van der Waals surface area (Å²) in [6.07, 6.45) is 1.84. The zero-order valence-electron chi connectivity index (χ0n) is 15.0. The number of carbonyl (C=O) groups is 1. The highest BCUT2D eigenvalue weighted by Gasteiger charge is 2.30. The summed E-state index contributed by atoms with van der Waals surface area (Å²) in [6, 6.07) is 9.75. The highest BCUT2D eigenvalue weighted by Crippen LogP contribution is 2.30. The summed E-state index contributed by atoms with van der Waals surface area (Å²) in [5.74, 6) is 0.857. The van der Waals surface area contributed by atoms with Crippen LogP contribution in [0.4, 0.5) is 0 Å². The lowest BCUT2D eigenvalue weighted by molar-refractivity contribution is -0.134. The van der Waals surface area contributed by atoms with Crippen LogP contribution in [0.15, 0.2) is 36.4 Å². The number of halogens is 3. The van der Waals surface area contributed by atoms with Crippen LogP contribution in [0.2, 0.25) is 15.1 Å². The van der Waals surface area contributed by atoms with Gasteiger partial charge >= 0.3 is 0 Å². The van der Waals surface area contributed by atoms with Crippen LogP contribution in [-0.2, 0) is 4.79 Å². The van der Waals surface area contributed by atoms with E-state index >= 15 is 0 Å². The number of carbonyl (C=O) groups excluding carboxylic acids is 1. The SMILES string of the molecule is NC(C(=O)N1CCC[C@H](c2nc3ccc(Cl)cc3[nH]2)C1)c1cc(Cl)cc(Cl)c1. The number of hydrogen-bond acceptors (Lipinski definition) is 3. The molecule has 28 heavy (non-hydrogen) atoms. The largest absolute Gasteiger partial charge is 0.342 e. The molecule has 1 amide bonds. The number of imidazole rings is 1. The summed E-state index contributed by atoms with van der Waals surface area (Å²) in [7, 11) is 0. The van der Waals surface area contributed by atoms with E-state index in [0.717, 1.165) is 29.7 Å².